The molecule has 2 aromatic carbocycles. The predicted octanol–water partition coefficient (Wildman–Crippen LogP) is 3.54. The van der Waals surface area contributed by atoms with Crippen LogP contribution in [0.4, 0.5) is 5.69 Å². The van der Waals surface area contributed by atoms with Gasteiger partial charge in [0.25, 0.3) is 15.9 Å². The quantitative estimate of drug-likeness (QED) is 0.755. The number of anilines is 1. The van der Waals surface area contributed by atoms with Crippen LogP contribution in [-0.4, -0.2) is 26.6 Å². The summed E-state index contributed by atoms with van der Waals surface area (Å²) < 4.78 is 27.7. The fourth-order valence-electron chi connectivity index (χ4n) is 3.31. The predicted molar refractivity (Wildman–Crippen MR) is 111 cm³/mol. The number of rotatable bonds is 6. The van der Waals surface area contributed by atoms with Crippen molar-refractivity contribution in [2.75, 3.05) is 10.8 Å². The molecule has 1 amide bonds. The van der Waals surface area contributed by atoms with Gasteiger partial charge in [-0.05, 0) is 63.3 Å². The maximum atomic E-state index is 13.3. The first kappa shape index (κ1) is 20.1. The van der Waals surface area contributed by atoms with E-state index in [1.165, 1.54) is 12.1 Å². The van der Waals surface area contributed by atoms with Crippen molar-refractivity contribution in [1.82, 2.24) is 5.43 Å². The largest absolute Gasteiger partial charge is 0.271 e. The van der Waals surface area contributed by atoms with Crippen molar-refractivity contribution < 1.29 is 13.2 Å². The van der Waals surface area contributed by atoms with Crippen LogP contribution >= 0.6 is 0 Å². The topological polar surface area (TPSA) is 78.8 Å². The van der Waals surface area contributed by atoms with Gasteiger partial charge < -0.3 is 0 Å². The molecule has 3 rings (SSSR count). The highest BCUT2D eigenvalue weighted by Gasteiger charge is 2.28. The Morgan fingerprint density at radius 2 is 1.75 bits per heavy atom. The molecule has 148 valence electrons. The third kappa shape index (κ3) is 4.59. The van der Waals surface area contributed by atoms with E-state index < -0.39 is 15.9 Å². The van der Waals surface area contributed by atoms with E-state index in [1.807, 2.05) is 26.0 Å². The molecule has 0 unspecified atom stereocenters. The van der Waals surface area contributed by atoms with E-state index >= 15 is 0 Å². The number of nitrogens with zero attached hydrogens (tertiary/aromatic N) is 2. The number of hydrogen-bond acceptors (Lipinski definition) is 4. The lowest BCUT2D eigenvalue weighted by Crippen LogP contribution is -2.40. The smallest absolute Gasteiger partial charge is 0.264 e. The Balaban J connectivity index is 1.92. The Morgan fingerprint density at radius 1 is 1.07 bits per heavy atom. The van der Waals surface area contributed by atoms with E-state index in [0.717, 1.165) is 46.8 Å². The van der Waals surface area contributed by atoms with Crippen molar-refractivity contribution in [3.8, 4) is 0 Å². The van der Waals surface area contributed by atoms with Gasteiger partial charge >= 0.3 is 0 Å². The van der Waals surface area contributed by atoms with Gasteiger partial charge in [0.05, 0.1) is 10.6 Å². The molecule has 1 aliphatic carbocycles. The summed E-state index contributed by atoms with van der Waals surface area (Å²) in [7, 11) is -3.90. The number of hydrogen-bond donors (Lipinski definition) is 1. The lowest BCUT2D eigenvalue weighted by molar-refractivity contribution is -0.119. The highest BCUT2D eigenvalue weighted by Crippen LogP contribution is 2.27. The first-order valence-electron chi connectivity index (χ1n) is 9.37. The van der Waals surface area contributed by atoms with Crippen LogP contribution in [0.5, 0.6) is 0 Å². The molecule has 1 saturated carbocycles. The Morgan fingerprint density at radius 3 is 2.39 bits per heavy atom. The van der Waals surface area contributed by atoms with E-state index in [2.05, 4.69) is 10.5 Å². The summed E-state index contributed by atoms with van der Waals surface area (Å²) in [6, 6.07) is 13.6. The molecule has 1 N–H and O–H groups in total. The molecule has 0 aromatic heterocycles. The summed E-state index contributed by atoms with van der Waals surface area (Å²) in [5.41, 5.74) is 5.77. The van der Waals surface area contributed by atoms with Gasteiger partial charge in [0, 0.05) is 5.71 Å². The molecule has 0 heterocycles. The highest BCUT2D eigenvalue weighted by atomic mass is 32.2. The second-order valence-corrected chi connectivity index (χ2v) is 8.90. The van der Waals surface area contributed by atoms with Gasteiger partial charge in [-0.3, -0.25) is 9.10 Å². The Kier molecular flexibility index (Phi) is 6.14. The Hall–Kier alpha value is -2.67. The second-order valence-electron chi connectivity index (χ2n) is 7.03. The van der Waals surface area contributed by atoms with Crippen LogP contribution < -0.4 is 9.73 Å². The summed E-state index contributed by atoms with van der Waals surface area (Å²) in [5, 5.41) is 4.16. The number of nitrogens with one attached hydrogen (secondary N) is 1. The molecule has 0 atom stereocenters. The SMILES string of the molecule is Cc1ccc(N(CC(=O)NN=C2CCCC2)S(=O)(=O)c2ccccc2)c(C)c1. The number of benzene rings is 2. The van der Waals surface area contributed by atoms with Gasteiger partial charge in [0.15, 0.2) is 0 Å². The number of hydrazone groups is 1. The normalized spacial score (nSPS) is 14.0. The number of carbonyl (C=O) groups excluding carboxylic acids is 1. The van der Waals surface area contributed by atoms with Crippen LogP contribution in [0.1, 0.15) is 36.8 Å². The molecular formula is C21H25N3O3S. The molecule has 7 heteroatoms. The van der Waals surface area contributed by atoms with Crippen molar-refractivity contribution in [2.24, 2.45) is 5.10 Å². The molecule has 0 spiro atoms. The first-order valence-corrected chi connectivity index (χ1v) is 10.8. The average Bonchev–Trinajstić information content (AvgIpc) is 3.19. The zero-order valence-electron chi connectivity index (χ0n) is 16.2. The Bertz CT molecular complexity index is 977. The second kappa shape index (κ2) is 8.56. The molecule has 1 fully saturated rings. The third-order valence-electron chi connectivity index (χ3n) is 4.76. The molecule has 1 aliphatic rings. The minimum absolute atomic E-state index is 0.143. The zero-order valence-corrected chi connectivity index (χ0v) is 17.0. The van der Waals surface area contributed by atoms with Crippen LogP contribution in [0, 0.1) is 13.8 Å². The van der Waals surface area contributed by atoms with E-state index in [1.54, 1.807) is 24.3 Å². The minimum atomic E-state index is -3.90. The maximum Gasteiger partial charge on any atom is 0.264 e. The van der Waals surface area contributed by atoms with E-state index in [0.29, 0.717) is 5.69 Å². The fourth-order valence-corrected chi connectivity index (χ4v) is 4.81. The lowest BCUT2D eigenvalue weighted by atomic mass is 10.1. The molecule has 6 nitrogen and oxygen atoms in total. The summed E-state index contributed by atoms with van der Waals surface area (Å²) in [6.45, 7) is 3.45. The lowest BCUT2D eigenvalue weighted by Gasteiger charge is -2.25. The third-order valence-corrected chi connectivity index (χ3v) is 6.53. The summed E-state index contributed by atoms with van der Waals surface area (Å²) >= 11 is 0. The summed E-state index contributed by atoms with van der Waals surface area (Å²) in [4.78, 5) is 12.7. The summed E-state index contributed by atoms with van der Waals surface area (Å²) in [5.74, 6) is -0.459. The van der Waals surface area contributed by atoms with Crippen molar-refractivity contribution in [1.29, 1.82) is 0 Å². The zero-order chi connectivity index (χ0) is 20.1. The molecule has 0 bridgehead atoms. The molecule has 28 heavy (non-hydrogen) atoms. The molecule has 0 saturated heterocycles. The fraction of sp³-hybridized carbons (Fsp3) is 0.333. The molecular weight excluding hydrogens is 374 g/mol. The number of amides is 1. The van der Waals surface area contributed by atoms with Crippen LogP contribution in [0.2, 0.25) is 0 Å². The van der Waals surface area contributed by atoms with Gasteiger partial charge in [-0.2, -0.15) is 5.10 Å². The number of aryl methyl sites for hydroxylation is 2. The van der Waals surface area contributed by atoms with Crippen molar-refractivity contribution in [3.63, 3.8) is 0 Å². The van der Waals surface area contributed by atoms with Crippen LogP contribution in [0.15, 0.2) is 58.5 Å². The standard InChI is InChI=1S/C21H25N3O3S/c1-16-12-13-20(17(2)14-16)24(28(26,27)19-10-4-3-5-11-19)15-21(25)23-22-18-8-6-7-9-18/h3-5,10-14H,6-9,15H2,1-2H3,(H,23,25). The van der Waals surface area contributed by atoms with E-state index in [-0.39, 0.29) is 11.4 Å². The van der Waals surface area contributed by atoms with Crippen LogP contribution in [-0.2, 0) is 14.8 Å². The van der Waals surface area contributed by atoms with Gasteiger partial charge in [-0.25, -0.2) is 13.8 Å². The number of sulfonamides is 1. The van der Waals surface area contributed by atoms with Gasteiger partial charge in [-0.1, -0.05) is 35.9 Å². The first-order chi connectivity index (χ1) is 13.4. The van der Waals surface area contributed by atoms with Crippen molar-refractivity contribution in [2.45, 2.75) is 44.4 Å². The summed E-state index contributed by atoms with van der Waals surface area (Å²) in [6.07, 6.45) is 3.91. The van der Waals surface area contributed by atoms with E-state index in [4.69, 9.17) is 0 Å². The van der Waals surface area contributed by atoms with Crippen LogP contribution in [0.3, 0.4) is 0 Å². The van der Waals surface area contributed by atoms with Gasteiger partial charge in [-0.15, -0.1) is 0 Å². The molecule has 2 aromatic rings. The average molecular weight is 400 g/mol. The van der Waals surface area contributed by atoms with E-state index in [9.17, 15) is 13.2 Å². The van der Waals surface area contributed by atoms with Crippen LogP contribution in [0.25, 0.3) is 0 Å². The van der Waals surface area contributed by atoms with Crippen molar-refractivity contribution in [3.05, 3.63) is 59.7 Å². The molecule has 0 radical (unpaired) electrons. The highest BCUT2D eigenvalue weighted by molar-refractivity contribution is 7.92. The van der Waals surface area contributed by atoms with Crippen molar-refractivity contribution >= 4 is 27.3 Å². The maximum absolute atomic E-state index is 13.3. The Labute approximate surface area is 166 Å². The van der Waals surface area contributed by atoms with Gasteiger partial charge in [0.1, 0.15) is 6.54 Å². The minimum Gasteiger partial charge on any atom is -0.271 e. The number of carbonyl (C=O) groups is 1. The monoisotopic (exact) mass is 399 g/mol. The molecule has 0 aliphatic heterocycles. The van der Waals surface area contributed by atoms with Gasteiger partial charge in [0.2, 0.25) is 0 Å².